The largest absolute Gasteiger partial charge is 0.475 e. The quantitative estimate of drug-likeness (QED) is 0.345. The first-order valence-corrected chi connectivity index (χ1v) is 12.1. The molecule has 1 aromatic carbocycles. The molecular formula is C27H38N4O3. The molecular weight excluding hydrogens is 428 g/mol. The van der Waals surface area contributed by atoms with Crippen molar-refractivity contribution >= 4 is 18.0 Å². The van der Waals surface area contributed by atoms with Crippen LogP contribution >= 0.6 is 0 Å². The van der Waals surface area contributed by atoms with Crippen LogP contribution in [0.25, 0.3) is 0 Å². The van der Waals surface area contributed by atoms with Gasteiger partial charge in [0.15, 0.2) is 0 Å². The van der Waals surface area contributed by atoms with E-state index < -0.39 is 12.1 Å². The summed E-state index contributed by atoms with van der Waals surface area (Å²) in [6.45, 7) is 10.4. The zero-order valence-corrected chi connectivity index (χ0v) is 21.0. The first-order valence-electron chi connectivity index (χ1n) is 12.1. The van der Waals surface area contributed by atoms with Gasteiger partial charge in [-0.3, -0.25) is 14.6 Å². The molecule has 0 bridgehead atoms. The van der Waals surface area contributed by atoms with E-state index in [1.807, 2.05) is 70.2 Å². The highest BCUT2D eigenvalue weighted by Crippen LogP contribution is 2.12. The van der Waals surface area contributed by atoms with Gasteiger partial charge >= 0.3 is 0 Å². The third-order valence-electron chi connectivity index (χ3n) is 5.11. The summed E-state index contributed by atoms with van der Waals surface area (Å²) in [5, 5.41) is 5.88. The van der Waals surface area contributed by atoms with E-state index in [4.69, 9.17) is 4.74 Å². The van der Waals surface area contributed by atoms with Crippen molar-refractivity contribution < 1.29 is 14.3 Å². The fourth-order valence-corrected chi connectivity index (χ4v) is 3.34. The Balaban J connectivity index is 2.15. The average Bonchev–Trinajstić information content (AvgIpc) is 2.79. The summed E-state index contributed by atoms with van der Waals surface area (Å²) in [4.78, 5) is 35.0. The Bertz CT molecular complexity index is 928. The van der Waals surface area contributed by atoms with E-state index in [2.05, 4.69) is 27.5 Å². The molecule has 0 saturated carbocycles. The van der Waals surface area contributed by atoms with Gasteiger partial charge in [0.25, 0.3) is 0 Å². The van der Waals surface area contributed by atoms with Gasteiger partial charge in [0, 0.05) is 25.2 Å². The van der Waals surface area contributed by atoms with Crippen LogP contribution in [0.1, 0.15) is 58.7 Å². The number of hydrogen-bond donors (Lipinski definition) is 2. The lowest BCUT2D eigenvalue weighted by molar-refractivity contribution is -0.130. The predicted molar refractivity (Wildman–Crippen MR) is 136 cm³/mol. The molecule has 2 aromatic rings. The Kier molecular flexibility index (Phi) is 11.2. The number of unbranched alkanes of at least 4 members (excludes halogenated alkanes) is 1. The van der Waals surface area contributed by atoms with Crippen LogP contribution in [0.4, 0.5) is 0 Å². The molecule has 34 heavy (non-hydrogen) atoms. The first-order chi connectivity index (χ1) is 16.3. The molecule has 2 N–H and O–H groups in total. The third kappa shape index (κ3) is 9.33. The number of nitrogens with one attached hydrogen (secondary N) is 2. The SMILES string of the molecule is CCCCNC(=O)[C@H](Cc1ccccc1)NC(=O)[C@@H](N=Cc1cccc(OC(C)C)n1)C(C)C. The number of carbonyl (C=O) groups excluding carboxylic acids is 2. The summed E-state index contributed by atoms with van der Waals surface area (Å²) in [7, 11) is 0. The van der Waals surface area contributed by atoms with E-state index in [9.17, 15) is 9.59 Å². The van der Waals surface area contributed by atoms with Crippen molar-refractivity contribution in [3.05, 3.63) is 59.8 Å². The topological polar surface area (TPSA) is 92.7 Å². The van der Waals surface area contributed by atoms with Crippen LogP contribution in [0.5, 0.6) is 5.88 Å². The Morgan fingerprint density at radius 3 is 2.41 bits per heavy atom. The highest BCUT2D eigenvalue weighted by atomic mass is 16.5. The van der Waals surface area contributed by atoms with Crippen molar-refractivity contribution in [2.45, 2.75) is 72.1 Å². The van der Waals surface area contributed by atoms with Crippen LogP contribution in [0.15, 0.2) is 53.5 Å². The van der Waals surface area contributed by atoms with Crippen LogP contribution in [-0.2, 0) is 16.0 Å². The maximum atomic E-state index is 13.2. The van der Waals surface area contributed by atoms with Gasteiger partial charge in [-0.05, 0) is 37.8 Å². The number of aromatic nitrogens is 1. The van der Waals surface area contributed by atoms with Gasteiger partial charge in [-0.25, -0.2) is 4.98 Å². The maximum Gasteiger partial charge on any atom is 0.245 e. The normalized spacial score (nSPS) is 13.1. The molecule has 1 heterocycles. The molecule has 2 amide bonds. The van der Waals surface area contributed by atoms with Gasteiger partial charge < -0.3 is 15.4 Å². The summed E-state index contributed by atoms with van der Waals surface area (Å²) < 4.78 is 5.64. The van der Waals surface area contributed by atoms with Gasteiger partial charge in [-0.1, -0.05) is 63.6 Å². The van der Waals surface area contributed by atoms with Crippen molar-refractivity contribution in [1.29, 1.82) is 0 Å². The molecule has 7 heteroatoms. The Hall–Kier alpha value is -3.22. The van der Waals surface area contributed by atoms with Gasteiger partial charge in [-0.15, -0.1) is 0 Å². The second-order valence-corrected chi connectivity index (χ2v) is 8.93. The number of rotatable bonds is 13. The molecule has 184 valence electrons. The van der Waals surface area contributed by atoms with Gasteiger partial charge in [0.05, 0.1) is 11.8 Å². The third-order valence-corrected chi connectivity index (χ3v) is 5.11. The summed E-state index contributed by atoms with van der Waals surface area (Å²) in [5.41, 5.74) is 1.59. The minimum Gasteiger partial charge on any atom is -0.475 e. The summed E-state index contributed by atoms with van der Waals surface area (Å²) >= 11 is 0. The van der Waals surface area contributed by atoms with Crippen molar-refractivity contribution in [1.82, 2.24) is 15.6 Å². The smallest absolute Gasteiger partial charge is 0.245 e. The number of carbonyl (C=O) groups is 2. The zero-order chi connectivity index (χ0) is 24.9. The number of amides is 2. The highest BCUT2D eigenvalue weighted by Gasteiger charge is 2.27. The van der Waals surface area contributed by atoms with Crippen LogP contribution in [-0.4, -0.2) is 47.7 Å². The summed E-state index contributed by atoms with van der Waals surface area (Å²) in [6, 6.07) is 13.8. The monoisotopic (exact) mass is 466 g/mol. The molecule has 1 aromatic heterocycles. The van der Waals surface area contributed by atoms with Gasteiger partial charge in [-0.2, -0.15) is 0 Å². The molecule has 0 aliphatic rings. The van der Waals surface area contributed by atoms with E-state index in [0.717, 1.165) is 18.4 Å². The lowest BCUT2D eigenvalue weighted by Crippen LogP contribution is -2.51. The predicted octanol–water partition coefficient (Wildman–Crippen LogP) is 3.96. The molecule has 0 spiro atoms. The maximum absolute atomic E-state index is 13.2. The minimum atomic E-state index is -0.677. The number of hydrogen-bond acceptors (Lipinski definition) is 5. The van der Waals surface area contributed by atoms with Crippen LogP contribution in [0.2, 0.25) is 0 Å². The van der Waals surface area contributed by atoms with Crippen LogP contribution in [0, 0.1) is 5.92 Å². The first kappa shape index (κ1) is 27.0. The highest BCUT2D eigenvalue weighted by molar-refractivity contribution is 5.91. The van der Waals surface area contributed by atoms with E-state index in [1.165, 1.54) is 0 Å². The van der Waals surface area contributed by atoms with Crippen molar-refractivity contribution in [3.63, 3.8) is 0 Å². The molecule has 0 aliphatic heterocycles. The second-order valence-electron chi connectivity index (χ2n) is 8.93. The number of aliphatic imine (C=N–C) groups is 1. The zero-order valence-electron chi connectivity index (χ0n) is 21.0. The Morgan fingerprint density at radius 1 is 1.03 bits per heavy atom. The summed E-state index contributed by atoms with van der Waals surface area (Å²) in [6.07, 6.45) is 3.89. The van der Waals surface area contributed by atoms with Gasteiger partial charge in [0.2, 0.25) is 17.7 Å². The van der Waals surface area contributed by atoms with Crippen molar-refractivity contribution in [2.75, 3.05) is 6.54 Å². The molecule has 0 saturated heterocycles. The van der Waals surface area contributed by atoms with Crippen molar-refractivity contribution in [3.8, 4) is 5.88 Å². The summed E-state index contributed by atoms with van der Waals surface area (Å²) in [5.74, 6) is -0.0206. The molecule has 2 rings (SSSR count). The number of nitrogens with zero attached hydrogens (tertiary/aromatic N) is 2. The van der Waals surface area contributed by atoms with Gasteiger partial charge in [0.1, 0.15) is 12.1 Å². The number of pyridine rings is 1. The van der Waals surface area contributed by atoms with Crippen molar-refractivity contribution in [2.24, 2.45) is 10.9 Å². The standard InChI is InChI=1S/C27H38N4O3/c1-6-7-16-28-26(32)23(17-21-12-9-8-10-13-21)31-27(33)25(19(2)3)29-18-22-14-11-15-24(30-22)34-20(4)5/h8-15,18-20,23,25H,6-7,16-17H2,1-5H3,(H,28,32)(H,31,33)/t23-,25-/m0/s1. The number of benzene rings is 1. The lowest BCUT2D eigenvalue weighted by Gasteiger charge is -2.22. The van der Waals surface area contributed by atoms with Crippen LogP contribution < -0.4 is 15.4 Å². The Morgan fingerprint density at radius 2 is 1.76 bits per heavy atom. The van der Waals surface area contributed by atoms with E-state index in [0.29, 0.717) is 24.5 Å². The van der Waals surface area contributed by atoms with E-state index in [1.54, 1.807) is 12.3 Å². The Labute approximate surface area is 203 Å². The number of ether oxygens (including phenoxy) is 1. The second kappa shape index (κ2) is 14.1. The minimum absolute atomic E-state index is 0.0129. The average molecular weight is 467 g/mol. The van der Waals surface area contributed by atoms with E-state index in [-0.39, 0.29) is 23.8 Å². The van der Waals surface area contributed by atoms with Crippen LogP contribution in [0.3, 0.4) is 0 Å². The lowest BCUT2D eigenvalue weighted by atomic mass is 10.0. The molecule has 7 nitrogen and oxygen atoms in total. The molecule has 0 aliphatic carbocycles. The van der Waals surface area contributed by atoms with E-state index >= 15 is 0 Å². The molecule has 2 atom stereocenters. The molecule has 0 fully saturated rings. The fourth-order valence-electron chi connectivity index (χ4n) is 3.34. The fraction of sp³-hybridized carbons (Fsp3) is 0.481. The molecule has 0 unspecified atom stereocenters. The molecule has 0 radical (unpaired) electrons.